The molecular weight excluding hydrogens is 350 g/mol. The predicted molar refractivity (Wildman–Crippen MR) is 84.3 cm³/mol. The highest BCUT2D eigenvalue weighted by atomic mass is 35.5. The molecule has 0 amide bonds. The maximum Gasteiger partial charge on any atom is 0.416 e. The first-order valence-corrected chi connectivity index (χ1v) is 7.15. The standard InChI is InChI=1S/C15H8Cl2F3N3/c16-10-3-1-2-9-11(17)7-13(23-14(9)10)22-12-6-8(4-5-21-12)15(18,19)20/h1-7H,(H,21,22,23). The average molecular weight is 358 g/mol. The van der Waals surface area contributed by atoms with Crippen LogP contribution in [0, 0.1) is 0 Å². The molecule has 3 aromatic rings. The van der Waals surface area contributed by atoms with Gasteiger partial charge >= 0.3 is 6.18 Å². The van der Waals surface area contributed by atoms with E-state index >= 15 is 0 Å². The third kappa shape index (κ3) is 3.33. The zero-order chi connectivity index (χ0) is 16.6. The number of aromatic nitrogens is 2. The van der Waals surface area contributed by atoms with Gasteiger partial charge in [-0.1, -0.05) is 35.3 Å². The number of benzene rings is 1. The Labute approximate surface area is 139 Å². The summed E-state index contributed by atoms with van der Waals surface area (Å²) in [6, 6.07) is 8.43. The van der Waals surface area contributed by atoms with Gasteiger partial charge in [0.05, 0.1) is 21.1 Å². The van der Waals surface area contributed by atoms with Crippen LogP contribution in [0.25, 0.3) is 10.9 Å². The smallest absolute Gasteiger partial charge is 0.325 e. The normalized spacial score (nSPS) is 11.7. The molecule has 1 N–H and O–H groups in total. The van der Waals surface area contributed by atoms with Crippen molar-refractivity contribution in [1.82, 2.24) is 9.97 Å². The van der Waals surface area contributed by atoms with E-state index in [0.29, 0.717) is 20.9 Å². The van der Waals surface area contributed by atoms with E-state index in [-0.39, 0.29) is 11.6 Å². The highest BCUT2D eigenvalue weighted by molar-refractivity contribution is 6.39. The highest BCUT2D eigenvalue weighted by Gasteiger charge is 2.30. The molecule has 8 heteroatoms. The largest absolute Gasteiger partial charge is 0.416 e. The number of para-hydroxylation sites is 1. The second kappa shape index (κ2) is 5.86. The summed E-state index contributed by atoms with van der Waals surface area (Å²) in [5, 5.41) is 4.14. The molecule has 0 fully saturated rings. The molecule has 0 aliphatic rings. The van der Waals surface area contributed by atoms with Gasteiger partial charge in [-0.05, 0) is 18.2 Å². The number of hydrogen-bond donors (Lipinski definition) is 1. The predicted octanol–water partition coefficient (Wildman–Crippen LogP) is 5.70. The lowest BCUT2D eigenvalue weighted by molar-refractivity contribution is -0.137. The molecule has 3 rings (SSSR count). The molecule has 0 radical (unpaired) electrons. The monoisotopic (exact) mass is 357 g/mol. The molecule has 0 atom stereocenters. The van der Waals surface area contributed by atoms with Crippen LogP contribution in [0.5, 0.6) is 0 Å². The van der Waals surface area contributed by atoms with Gasteiger partial charge in [0, 0.05) is 17.6 Å². The number of nitrogens with one attached hydrogen (secondary N) is 1. The van der Waals surface area contributed by atoms with Gasteiger partial charge in [0.1, 0.15) is 11.6 Å². The van der Waals surface area contributed by atoms with Crippen molar-refractivity contribution in [2.75, 3.05) is 5.32 Å². The molecule has 2 heterocycles. The summed E-state index contributed by atoms with van der Waals surface area (Å²) in [7, 11) is 0. The molecule has 0 aliphatic heterocycles. The van der Waals surface area contributed by atoms with Crippen LogP contribution in [0.3, 0.4) is 0 Å². The maximum absolute atomic E-state index is 12.7. The van der Waals surface area contributed by atoms with Crippen molar-refractivity contribution in [2.45, 2.75) is 6.18 Å². The van der Waals surface area contributed by atoms with Gasteiger partial charge in [0.2, 0.25) is 0 Å². The molecule has 118 valence electrons. The Morgan fingerprint density at radius 3 is 2.48 bits per heavy atom. The number of alkyl halides is 3. The Hall–Kier alpha value is -2.05. The Balaban J connectivity index is 2.01. The van der Waals surface area contributed by atoms with Crippen LogP contribution in [0.1, 0.15) is 5.56 Å². The fraction of sp³-hybridized carbons (Fsp3) is 0.0667. The van der Waals surface area contributed by atoms with Crippen molar-refractivity contribution in [3.8, 4) is 0 Å². The van der Waals surface area contributed by atoms with Crippen molar-refractivity contribution >= 4 is 45.7 Å². The third-order valence-electron chi connectivity index (χ3n) is 3.08. The van der Waals surface area contributed by atoms with E-state index in [2.05, 4.69) is 15.3 Å². The van der Waals surface area contributed by atoms with E-state index < -0.39 is 11.7 Å². The van der Waals surface area contributed by atoms with Crippen LogP contribution in [0.15, 0.2) is 42.6 Å². The minimum absolute atomic E-state index is 0.00907. The van der Waals surface area contributed by atoms with Gasteiger partial charge in [-0.15, -0.1) is 0 Å². The van der Waals surface area contributed by atoms with Crippen LogP contribution < -0.4 is 5.32 Å². The van der Waals surface area contributed by atoms with Gasteiger partial charge in [0.15, 0.2) is 0 Å². The van der Waals surface area contributed by atoms with E-state index in [4.69, 9.17) is 23.2 Å². The van der Waals surface area contributed by atoms with Gasteiger partial charge in [-0.3, -0.25) is 0 Å². The van der Waals surface area contributed by atoms with Crippen molar-refractivity contribution in [3.05, 3.63) is 58.2 Å². The van der Waals surface area contributed by atoms with Crippen molar-refractivity contribution in [2.24, 2.45) is 0 Å². The highest BCUT2D eigenvalue weighted by Crippen LogP contribution is 2.32. The molecule has 0 bridgehead atoms. The van der Waals surface area contributed by atoms with E-state index in [1.165, 1.54) is 6.07 Å². The summed E-state index contributed by atoms with van der Waals surface area (Å²) in [6.07, 6.45) is -3.38. The van der Waals surface area contributed by atoms with Gasteiger partial charge in [-0.2, -0.15) is 13.2 Å². The SMILES string of the molecule is FC(F)(F)c1ccnc(Nc2cc(Cl)c3cccc(Cl)c3n2)c1. The summed E-state index contributed by atoms with van der Waals surface area (Å²) in [5.41, 5.74) is -0.351. The lowest BCUT2D eigenvalue weighted by Crippen LogP contribution is -2.06. The second-order valence-electron chi connectivity index (χ2n) is 4.68. The quantitative estimate of drug-likeness (QED) is 0.639. The average Bonchev–Trinajstić information content (AvgIpc) is 2.48. The fourth-order valence-corrected chi connectivity index (χ4v) is 2.52. The molecule has 1 aromatic carbocycles. The summed E-state index contributed by atoms with van der Waals surface area (Å²) in [6.45, 7) is 0. The second-order valence-corrected chi connectivity index (χ2v) is 5.49. The molecule has 23 heavy (non-hydrogen) atoms. The lowest BCUT2D eigenvalue weighted by atomic mass is 10.2. The van der Waals surface area contributed by atoms with Crippen molar-refractivity contribution in [3.63, 3.8) is 0 Å². The number of anilines is 2. The summed E-state index contributed by atoms with van der Waals surface area (Å²) in [5.74, 6) is 0.261. The molecular formula is C15H8Cl2F3N3. The van der Waals surface area contributed by atoms with E-state index in [9.17, 15) is 13.2 Å². The minimum Gasteiger partial charge on any atom is -0.325 e. The molecule has 2 aromatic heterocycles. The first-order valence-electron chi connectivity index (χ1n) is 6.39. The zero-order valence-corrected chi connectivity index (χ0v) is 12.8. The summed E-state index contributed by atoms with van der Waals surface area (Å²) in [4.78, 5) is 8.13. The van der Waals surface area contributed by atoms with Gasteiger partial charge in [-0.25, -0.2) is 9.97 Å². The molecule has 0 spiro atoms. The zero-order valence-electron chi connectivity index (χ0n) is 11.3. The molecule has 3 nitrogen and oxygen atoms in total. The maximum atomic E-state index is 12.7. The Morgan fingerprint density at radius 2 is 1.74 bits per heavy atom. The first kappa shape index (κ1) is 15.8. The topological polar surface area (TPSA) is 37.8 Å². The van der Waals surface area contributed by atoms with Crippen LogP contribution in [0.2, 0.25) is 10.0 Å². The Bertz CT molecular complexity index is 881. The molecule has 0 saturated heterocycles. The van der Waals surface area contributed by atoms with E-state index in [0.717, 1.165) is 18.3 Å². The number of fused-ring (bicyclic) bond motifs is 1. The van der Waals surface area contributed by atoms with Crippen LogP contribution in [0.4, 0.5) is 24.8 Å². The van der Waals surface area contributed by atoms with Crippen molar-refractivity contribution < 1.29 is 13.2 Å². The van der Waals surface area contributed by atoms with E-state index in [1.54, 1.807) is 18.2 Å². The molecule has 0 aliphatic carbocycles. The number of nitrogens with zero attached hydrogens (tertiary/aromatic N) is 2. The number of halogens is 5. The lowest BCUT2D eigenvalue weighted by Gasteiger charge is -2.11. The summed E-state index contributed by atoms with van der Waals surface area (Å²) < 4.78 is 38.2. The van der Waals surface area contributed by atoms with E-state index in [1.807, 2.05) is 0 Å². The first-order chi connectivity index (χ1) is 10.8. The number of rotatable bonds is 2. The fourth-order valence-electron chi connectivity index (χ4n) is 2.04. The Kier molecular flexibility index (Phi) is 4.04. The number of pyridine rings is 2. The minimum atomic E-state index is -4.45. The van der Waals surface area contributed by atoms with Gasteiger partial charge < -0.3 is 5.32 Å². The number of hydrogen-bond acceptors (Lipinski definition) is 3. The van der Waals surface area contributed by atoms with Gasteiger partial charge in [0.25, 0.3) is 0 Å². The molecule has 0 saturated carbocycles. The third-order valence-corrected chi connectivity index (χ3v) is 3.70. The Morgan fingerprint density at radius 1 is 0.957 bits per heavy atom. The van der Waals surface area contributed by atoms with Crippen LogP contribution in [-0.4, -0.2) is 9.97 Å². The van der Waals surface area contributed by atoms with Crippen molar-refractivity contribution in [1.29, 1.82) is 0 Å². The van der Waals surface area contributed by atoms with Crippen LogP contribution >= 0.6 is 23.2 Å². The molecule has 0 unspecified atom stereocenters. The summed E-state index contributed by atoms with van der Waals surface area (Å²) >= 11 is 12.2. The van der Waals surface area contributed by atoms with Crippen LogP contribution in [-0.2, 0) is 6.18 Å².